The van der Waals surface area contributed by atoms with E-state index in [1.54, 1.807) is 0 Å². The van der Waals surface area contributed by atoms with Crippen molar-refractivity contribution in [1.82, 2.24) is 10.2 Å². The van der Waals surface area contributed by atoms with Gasteiger partial charge in [-0.05, 0) is 64.2 Å². The van der Waals surface area contributed by atoms with Crippen molar-refractivity contribution >= 4 is 0 Å². The van der Waals surface area contributed by atoms with Crippen LogP contribution in [0.3, 0.4) is 0 Å². The van der Waals surface area contributed by atoms with Gasteiger partial charge in [-0.25, -0.2) is 0 Å². The van der Waals surface area contributed by atoms with E-state index >= 15 is 0 Å². The smallest absolute Gasteiger partial charge is 0.0491 e. The lowest BCUT2D eigenvalue weighted by Crippen LogP contribution is -2.40. The molecule has 17 heavy (non-hydrogen) atoms. The molecule has 2 rings (SSSR count). The summed E-state index contributed by atoms with van der Waals surface area (Å²) in [5.41, 5.74) is 0. The third kappa shape index (κ3) is 4.57. The molecule has 0 aromatic heterocycles. The van der Waals surface area contributed by atoms with Crippen molar-refractivity contribution in [2.75, 3.05) is 39.9 Å². The Balaban J connectivity index is 1.57. The first-order valence-corrected chi connectivity index (χ1v) is 7.33. The summed E-state index contributed by atoms with van der Waals surface area (Å²) in [4.78, 5) is 2.64. The molecule has 2 aliphatic rings. The van der Waals surface area contributed by atoms with Crippen molar-refractivity contribution in [2.24, 2.45) is 5.92 Å². The van der Waals surface area contributed by atoms with Gasteiger partial charge in [0.15, 0.2) is 0 Å². The molecule has 2 saturated heterocycles. The van der Waals surface area contributed by atoms with Crippen molar-refractivity contribution in [3.8, 4) is 0 Å². The lowest BCUT2D eigenvalue weighted by molar-refractivity contribution is 0.0972. The molecule has 1 unspecified atom stereocenters. The summed E-state index contributed by atoms with van der Waals surface area (Å²) in [6, 6.07) is 0.792. The number of rotatable bonds is 5. The number of nitrogens with zero attached hydrogens (tertiary/aromatic N) is 1. The zero-order valence-corrected chi connectivity index (χ0v) is 11.3. The minimum Gasteiger partial charge on any atom is -0.384 e. The lowest BCUT2D eigenvalue weighted by Gasteiger charge is -2.33. The second-order valence-electron chi connectivity index (χ2n) is 5.68. The molecule has 2 heterocycles. The lowest BCUT2D eigenvalue weighted by atomic mass is 9.96. The largest absolute Gasteiger partial charge is 0.384 e. The third-order valence-corrected chi connectivity index (χ3v) is 4.32. The van der Waals surface area contributed by atoms with E-state index in [4.69, 9.17) is 4.74 Å². The van der Waals surface area contributed by atoms with Crippen LogP contribution in [0.2, 0.25) is 0 Å². The Morgan fingerprint density at radius 3 is 2.65 bits per heavy atom. The normalized spacial score (nSPS) is 28.4. The number of ether oxygens (including phenoxy) is 1. The number of nitrogens with one attached hydrogen (secondary N) is 1. The Bertz CT molecular complexity index is 196. The van der Waals surface area contributed by atoms with Crippen LogP contribution in [0.25, 0.3) is 0 Å². The zero-order chi connectivity index (χ0) is 11.9. The molecule has 0 aromatic rings. The van der Waals surface area contributed by atoms with E-state index in [0.717, 1.165) is 18.6 Å². The molecule has 2 aliphatic heterocycles. The van der Waals surface area contributed by atoms with Gasteiger partial charge in [0, 0.05) is 19.8 Å². The molecular weight excluding hydrogens is 212 g/mol. The summed E-state index contributed by atoms with van der Waals surface area (Å²) < 4.78 is 5.24. The van der Waals surface area contributed by atoms with E-state index in [2.05, 4.69) is 10.2 Å². The highest BCUT2D eigenvalue weighted by molar-refractivity contribution is 4.76. The van der Waals surface area contributed by atoms with Crippen LogP contribution in [-0.2, 0) is 4.74 Å². The van der Waals surface area contributed by atoms with Crippen LogP contribution in [0.15, 0.2) is 0 Å². The van der Waals surface area contributed by atoms with E-state index < -0.39 is 0 Å². The molecule has 0 radical (unpaired) electrons. The minimum absolute atomic E-state index is 0.792. The van der Waals surface area contributed by atoms with E-state index in [0.29, 0.717) is 0 Å². The van der Waals surface area contributed by atoms with Gasteiger partial charge in [0.05, 0.1) is 0 Å². The van der Waals surface area contributed by atoms with E-state index in [1.165, 1.54) is 64.7 Å². The van der Waals surface area contributed by atoms with E-state index in [1.807, 2.05) is 7.11 Å². The molecule has 0 spiro atoms. The van der Waals surface area contributed by atoms with Gasteiger partial charge in [-0.1, -0.05) is 6.42 Å². The highest BCUT2D eigenvalue weighted by Crippen LogP contribution is 2.18. The monoisotopic (exact) mass is 240 g/mol. The molecule has 0 bridgehead atoms. The predicted molar refractivity (Wildman–Crippen MR) is 71.3 cm³/mol. The molecule has 0 amide bonds. The van der Waals surface area contributed by atoms with Gasteiger partial charge in [0.25, 0.3) is 0 Å². The predicted octanol–water partition coefficient (Wildman–Crippen LogP) is 1.88. The van der Waals surface area contributed by atoms with E-state index in [-0.39, 0.29) is 0 Å². The molecule has 0 aliphatic carbocycles. The Morgan fingerprint density at radius 1 is 1.18 bits per heavy atom. The molecule has 3 heteroatoms. The molecular formula is C14H28N2O. The number of piperidine rings is 2. The summed E-state index contributed by atoms with van der Waals surface area (Å²) in [6.07, 6.45) is 8.18. The molecule has 2 fully saturated rings. The van der Waals surface area contributed by atoms with E-state index in [9.17, 15) is 0 Å². The topological polar surface area (TPSA) is 24.5 Å². The maximum Gasteiger partial charge on any atom is 0.0491 e. The highest BCUT2D eigenvalue weighted by atomic mass is 16.5. The van der Waals surface area contributed by atoms with Crippen LogP contribution in [0.1, 0.15) is 38.5 Å². The fourth-order valence-corrected chi connectivity index (χ4v) is 3.12. The van der Waals surface area contributed by atoms with Crippen LogP contribution in [0.4, 0.5) is 0 Å². The Hall–Kier alpha value is -0.120. The van der Waals surface area contributed by atoms with Gasteiger partial charge < -0.3 is 15.0 Å². The molecule has 1 N–H and O–H groups in total. The average molecular weight is 240 g/mol. The Kier molecular flexibility index (Phi) is 5.75. The molecule has 100 valence electrons. The maximum atomic E-state index is 5.24. The van der Waals surface area contributed by atoms with Gasteiger partial charge in [-0.2, -0.15) is 0 Å². The molecule has 0 saturated carbocycles. The summed E-state index contributed by atoms with van der Waals surface area (Å²) in [5.74, 6) is 0.809. The van der Waals surface area contributed by atoms with Crippen molar-refractivity contribution in [1.29, 1.82) is 0 Å². The number of hydrogen-bond donors (Lipinski definition) is 1. The van der Waals surface area contributed by atoms with Crippen molar-refractivity contribution in [3.05, 3.63) is 0 Å². The van der Waals surface area contributed by atoms with Crippen LogP contribution in [0, 0.1) is 5.92 Å². The molecule has 0 aromatic carbocycles. The minimum atomic E-state index is 0.792. The van der Waals surface area contributed by atoms with Gasteiger partial charge in [-0.3, -0.25) is 0 Å². The van der Waals surface area contributed by atoms with Gasteiger partial charge >= 0.3 is 0 Å². The molecule has 3 nitrogen and oxygen atoms in total. The Labute approximate surface area is 106 Å². The van der Waals surface area contributed by atoms with Gasteiger partial charge in [0.1, 0.15) is 0 Å². The summed E-state index contributed by atoms with van der Waals surface area (Å²) in [5, 5.41) is 3.64. The quantitative estimate of drug-likeness (QED) is 0.794. The zero-order valence-electron chi connectivity index (χ0n) is 11.3. The van der Waals surface area contributed by atoms with Crippen LogP contribution in [-0.4, -0.2) is 50.8 Å². The number of hydrogen-bond acceptors (Lipinski definition) is 3. The second kappa shape index (κ2) is 7.34. The first-order valence-electron chi connectivity index (χ1n) is 7.33. The van der Waals surface area contributed by atoms with Crippen LogP contribution < -0.4 is 5.32 Å². The summed E-state index contributed by atoms with van der Waals surface area (Å²) in [7, 11) is 1.82. The van der Waals surface area contributed by atoms with Gasteiger partial charge in [0.2, 0.25) is 0 Å². The first-order chi connectivity index (χ1) is 8.38. The standard InChI is InChI=1S/C14H28N2O/c1-17-12-13-5-9-16(10-6-13)11-7-14-4-2-3-8-15-14/h13-15H,2-12H2,1H3. The number of methoxy groups -OCH3 is 1. The highest BCUT2D eigenvalue weighted by Gasteiger charge is 2.20. The fraction of sp³-hybridized carbons (Fsp3) is 1.00. The van der Waals surface area contributed by atoms with Crippen molar-refractivity contribution in [2.45, 2.75) is 44.6 Å². The van der Waals surface area contributed by atoms with Crippen LogP contribution in [0.5, 0.6) is 0 Å². The van der Waals surface area contributed by atoms with Crippen LogP contribution >= 0.6 is 0 Å². The number of likely N-dealkylation sites (tertiary alicyclic amines) is 1. The fourth-order valence-electron chi connectivity index (χ4n) is 3.12. The average Bonchev–Trinajstić information content (AvgIpc) is 2.40. The van der Waals surface area contributed by atoms with Crippen molar-refractivity contribution in [3.63, 3.8) is 0 Å². The van der Waals surface area contributed by atoms with Gasteiger partial charge in [-0.15, -0.1) is 0 Å². The first kappa shape index (κ1) is 13.3. The Morgan fingerprint density at radius 2 is 2.00 bits per heavy atom. The SMILES string of the molecule is COCC1CCN(CCC2CCCCN2)CC1. The van der Waals surface area contributed by atoms with Crippen molar-refractivity contribution < 1.29 is 4.74 Å². The summed E-state index contributed by atoms with van der Waals surface area (Å²) >= 11 is 0. The second-order valence-corrected chi connectivity index (χ2v) is 5.68. The summed E-state index contributed by atoms with van der Waals surface area (Å²) in [6.45, 7) is 6.04. The maximum absolute atomic E-state index is 5.24. The molecule has 1 atom stereocenters. The third-order valence-electron chi connectivity index (χ3n) is 4.32.